The largest absolute Gasteiger partial charge is 0.497 e. The molecule has 0 saturated carbocycles. The molecule has 0 spiro atoms. The summed E-state index contributed by atoms with van der Waals surface area (Å²) in [5.74, 6) is 1.44. The molecule has 0 amide bonds. The van der Waals surface area contributed by atoms with Crippen LogP contribution in [0.15, 0.2) is 24.3 Å². The van der Waals surface area contributed by atoms with Crippen molar-refractivity contribution in [2.45, 2.75) is 6.10 Å². The van der Waals surface area contributed by atoms with E-state index < -0.39 is 6.10 Å². The van der Waals surface area contributed by atoms with E-state index in [9.17, 15) is 5.11 Å². The van der Waals surface area contributed by atoms with Crippen LogP contribution in [0.3, 0.4) is 0 Å². The van der Waals surface area contributed by atoms with E-state index in [0.717, 1.165) is 38.5 Å². The molecule has 0 aromatic heterocycles. The van der Waals surface area contributed by atoms with Crippen molar-refractivity contribution in [1.29, 1.82) is 0 Å². The van der Waals surface area contributed by atoms with Crippen molar-refractivity contribution in [3.8, 4) is 11.5 Å². The van der Waals surface area contributed by atoms with Crippen molar-refractivity contribution in [2.75, 3.05) is 59.6 Å². The molecule has 1 atom stereocenters. The highest BCUT2D eigenvalue weighted by Gasteiger charge is 2.19. The summed E-state index contributed by atoms with van der Waals surface area (Å²) in [5, 5.41) is 19.0. The Bertz CT molecular complexity index is 442. The number of ether oxygens (including phenoxy) is 2. The Labute approximate surface area is 144 Å². The van der Waals surface area contributed by atoms with Crippen LogP contribution in [-0.2, 0) is 0 Å². The van der Waals surface area contributed by atoms with E-state index in [1.54, 1.807) is 13.2 Å². The zero-order valence-electron chi connectivity index (χ0n) is 13.6. The third-order valence-corrected chi connectivity index (χ3v) is 3.83. The molecule has 0 bridgehead atoms. The standard InChI is InChI=1S/C16H26N2O4.ClH/c1-21-15-3-2-4-16(11-15)22-13-14(20)12-18-7-5-17(6-8-18)9-10-19;/h2-4,11,14,19-20H,5-10,12-13H2,1H3;1H. The quantitative estimate of drug-likeness (QED) is 0.713. The molecular weight excluding hydrogens is 320 g/mol. The maximum Gasteiger partial charge on any atom is 0.123 e. The lowest BCUT2D eigenvalue weighted by atomic mass is 10.2. The first-order valence-electron chi connectivity index (χ1n) is 7.71. The smallest absolute Gasteiger partial charge is 0.123 e. The highest BCUT2D eigenvalue weighted by molar-refractivity contribution is 5.85. The molecule has 132 valence electrons. The van der Waals surface area contributed by atoms with Gasteiger partial charge in [-0.1, -0.05) is 6.07 Å². The minimum atomic E-state index is -0.518. The molecule has 0 radical (unpaired) electrons. The van der Waals surface area contributed by atoms with Crippen LogP contribution in [0.25, 0.3) is 0 Å². The topological polar surface area (TPSA) is 65.4 Å². The first kappa shape index (κ1) is 20.0. The minimum absolute atomic E-state index is 0. The lowest BCUT2D eigenvalue weighted by Crippen LogP contribution is -2.49. The predicted molar refractivity (Wildman–Crippen MR) is 91.7 cm³/mol. The monoisotopic (exact) mass is 346 g/mol. The second kappa shape index (κ2) is 10.7. The molecule has 1 aromatic rings. The lowest BCUT2D eigenvalue weighted by molar-refractivity contribution is 0.0428. The van der Waals surface area contributed by atoms with Gasteiger partial charge >= 0.3 is 0 Å². The Kier molecular flexibility index (Phi) is 9.28. The fourth-order valence-corrected chi connectivity index (χ4v) is 2.57. The van der Waals surface area contributed by atoms with Crippen molar-refractivity contribution in [1.82, 2.24) is 9.80 Å². The third-order valence-electron chi connectivity index (χ3n) is 3.83. The van der Waals surface area contributed by atoms with Gasteiger partial charge in [0.15, 0.2) is 0 Å². The lowest BCUT2D eigenvalue weighted by Gasteiger charge is -2.35. The van der Waals surface area contributed by atoms with Gasteiger partial charge in [-0.25, -0.2) is 0 Å². The number of β-amino-alcohol motifs (C(OH)–C–C–N with tert-alkyl or cyclic N) is 2. The van der Waals surface area contributed by atoms with Gasteiger partial charge in [-0.3, -0.25) is 9.80 Å². The molecule has 7 heteroatoms. The first-order chi connectivity index (χ1) is 10.7. The van der Waals surface area contributed by atoms with Crippen LogP contribution in [0, 0.1) is 0 Å². The summed E-state index contributed by atoms with van der Waals surface area (Å²) in [4.78, 5) is 4.46. The van der Waals surface area contributed by atoms with Gasteiger partial charge < -0.3 is 19.7 Å². The molecule has 23 heavy (non-hydrogen) atoms. The van der Waals surface area contributed by atoms with Gasteiger partial charge in [-0.05, 0) is 12.1 Å². The van der Waals surface area contributed by atoms with Gasteiger partial charge in [0.05, 0.1) is 13.7 Å². The van der Waals surface area contributed by atoms with Gasteiger partial charge in [-0.15, -0.1) is 12.4 Å². The first-order valence-corrected chi connectivity index (χ1v) is 7.71. The Morgan fingerprint density at radius 1 is 1.13 bits per heavy atom. The summed E-state index contributed by atoms with van der Waals surface area (Å²) < 4.78 is 10.8. The van der Waals surface area contributed by atoms with E-state index in [2.05, 4.69) is 9.80 Å². The fraction of sp³-hybridized carbons (Fsp3) is 0.625. The Hall–Kier alpha value is -1.05. The molecule has 6 nitrogen and oxygen atoms in total. The Morgan fingerprint density at radius 2 is 1.78 bits per heavy atom. The molecule has 1 heterocycles. The van der Waals surface area contributed by atoms with Gasteiger partial charge in [-0.2, -0.15) is 0 Å². The molecule has 1 aliphatic heterocycles. The average Bonchev–Trinajstić information content (AvgIpc) is 2.55. The molecule has 1 unspecified atom stereocenters. The maximum atomic E-state index is 10.1. The fourth-order valence-electron chi connectivity index (χ4n) is 2.57. The summed E-state index contributed by atoms with van der Waals surface area (Å²) in [7, 11) is 1.62. The molecule has 0 aliphatic carbocycles. The SMILES string of the molecule is COc1cccc(OCC(O)CN2CCN(CCO)CC2)c1.Cl. The number of hydrogen-bond acceptors (Lipinski definition) is 6. The average molecular weight is 347 g/mol. The van der Waals surface area contributed by atoms with Crippen LogP contribution in [0.2, 0.25) is 0 Å². The number of hydrogen-bond donors (Lipinski definition) is 2. The minimum Gasteiger partial charge on any atom is -0.497 e. The highest BCUT2D eigenvalue weighted by atomic mass is 35.5. The molecule has 1 fully saturated rings. The van der Waals surface area contributed by atoms with Crippen LogP contribution < -0.4 is 9.47 Å². The van der Waals surface area contributed by atoms with E-state index in [4.69, 9.17) is 14.6 Å². The molecule has 1 aliphatic rings. The molecule has 1 aromatic carbocycles. The Morgan fingerprint density at radius 3 is 2.43 bits per heavy atom. The van der Waals surface area contributed by atoms with Gasteiger partial charge in [0.1, 0.15) is 24.2 Å². The van der Waals surface area contributed by atoms with E-state index in [1.807, 2.05) is 18.2 Å². The number of halogens is 1. The molecule has 2 N–H and O–H groups in total. The van der Waals surface area contributed by atoms with Crippen molar-refractivity contribution in [2.24, 2.45) is 0 Å². The maximum absolute atomic E-state index is 10.1. The zero-order valence-corrected chi connectivity index (χ0v) is 14.4. The van der Waals surface area contributed by atoms with E-state index >= 15 is 0 Å². The normalized spacial score (nSPS) is 17.3. The summed E-state index contributed by atoms with van der Waals surface area (Å²) in [5.41, 5.74) is 0. The highest BCUT2D eigenvalue weighted by Crippen LogP contribution is 2.19. The molecule has 1 saturated heterocycles. The number of aliphatic hydroxyl groups is 2. The summed E-state index contributed by atoms with van der Waals surface area (Å²) in [6, 6.07) is 7.37. The zero-order chi connectivity index (χ0) is 15.8. The van der Waals surface area contributed by atoms with Crippen LogP contribution >= 0.6 is 12.4 Å². The van der Waals surface area contributed by atoms with Crippen LogP contribution in [-0.4, -0.2) is 85.7 Å². The summed E-state index contributed by atoms with van der Waals surface area (Å²) in [6.45, 7) is 5.51. The number of piperazine rings is 1. The number of benzene rings is 1. The van der Waals surface area contributed by atoms with Crippen molar-refractivity contribution in [3.05, 3.63) is 24.3 Å². The number of nitrogens with zero attached hydrogens (tertiary/aromatic N) is 2. The van der Waals surface area contributed by atoms with Crippen molar-refractivity contribution < 1.29 is 19.7 Å². The second-order valence-corrected chi connectivity index (χ2v) is 5.51. The van der Waals surface area contributed by atoms with Crippen molar-refractivity contribution in [3.63, 3.8) is 0 Å². The van der Waals surface area contributed by atoms with Gasteiger partial charge in [0, 0.05) is 45.3 Å². The molecular formula is C16H27ClN2O4. The number of rotatable bonds is 8. The van der Waals surface area contributed by atoms with Crippen molar-refractivity contribution >= 4 is 12.4 Å². The second-order valence-electron chi connectivity index (χ2n) is 5.51. The summed E-state index contributed by atoms with van der Waals surface area (Å²) in [6.07, 6.45) is -0.518. The predicted octanol–water partition coefficient (Wildman–Crippen LogP) is 0.467. The van der Waals surface area contributed by atoms with Gasteiger partial charge in [0.25, 0.3) is 0 Å². The van der Waals surface area contributed by atoms with E-state index in [0.29, 0.717) is 12.3 Å². The van der Waals surface area contributed by atoms with Gasteiger partial charge in [0.2, 0.25) is 0 Å². The number of methoxy groups -OCH3 is 1. The third kappa shape index (κ3) is 6.93. The van der Waals surface area contributed by atoms with Crippen LogP contribution in [0.1, 0.15) is 0 Å². The Balaban J connectivity index is 0.00000264. The van der Waals surface area contributed by atoms with Crippen LogP contribution in [0.5, 0.6) is 11.5 Å². The van der Waals surface area contributed by atoms with Crippen LogP contribution in [0.4, 0.5) is 0 Å². The van der Waals surface area contributed by atoms with E-state index in [-0.39, 0.29) is 25.6 Å². The van der Waals surface area contributed by atoms with E-state index in [1.165, 1.54) is 0 Å². The summed E-state index contributed by atoms with van der Waals surface area (Å²) >= 11 is 0. The molecule has 2 rings (SSSR count). The number of aliphatic hydroxyl groups excluding tert-OH is 2.